The summed E-state index contributed by atoms with van der Waals surface area (Å²) in [6.07, 6.45) is 1.71. The fourth-order valence-electron chi connectivity index (χ4n) is 1.96. The van der Waals surface area contributed by atoms with E-state index in [-0.39, 0.29) is 34.5 Å². The largest absolute Gasteiger partial charge is 1.00 e. The summed E-state index contributed by atoms with van der Waals surface area (Å²) in [5.74, 6) is 0.817. The number of benzene rings is 1. The first-order valence-electron chi connectivity index (χ1n) is 5.43. The van der Waals surface area contributed by atoms with E-state index in [1.54, 1.807) is 12.3 Å². The summed E-state index contributed by atoms with van der Waals surface area (Å²) in [4.78, 5) is 7.63. The Labute approximate surface area is 143 Å². The third-order valence-electron chi connectivity index (χ3n) is 2.87. The minimum atomic E-state index is -4.43. The van der Waals surface area contributed by atoms with E-state index < -0.39 is 10.1 Å². The van der Waals surface area contributed by atoms with E-state index in [1.165, 1.54) is 23.9 Å². The average molecular weight is 316 g/mol. The van der Waals surface area contributed by atoms with E-state index in [2.05, 4.69) is 4.98 Å². The molecule has 20 heavy (non-hydrogen) atoms. The Hall–Kier alpha value is -0.570. The zero-order valence-corrected chi connectivity index (χ0v) is 14.5. The number of aromatic nitrogens is 1. The Balaban J connectivity index is 0.00000147. The van der Waals surface area contributed by atoms with Gasteiger partial charge in [-0.05, 0) is 30.3 Å². The molecule has 3 rings (SSSR count). The minimum absolute atomic E-state index is 0. The molecule has 0 bridgehead atoms. The molecule has 0 saturated heterocycles. The molecule has 0 spiro atoms. The van der Waals surface area contributed by atoms with E-state index in [4.69, 9.17) is 0 Å². The third kappa shape index (κ3) is 2.74. The molecular formula is C12H9N2NaO3S2. The van der Waals surface area contributed by atoms with Crippen LogP contribution in [0.3, 0.4) is 0 Å². The molecule has 2 aromatic rings. The van der Waals surface area contributed by atoms with Crippen LogP contribution in [-0.4, -0.2) is 25.0 Å². The number of hydrogen-bond donors (Lipinski definition) is 0. The maximum atomic E-state index is 11.1. The summed E-state index contributed by atoms with van der Waals surface area (Å²) in [6.45, 7) is 0. The first kappa shape index (κ1) is 15.8. The summed E-state index contributed by atoms with van der Waals surface area (Å²) in [5.41, 5.74) is 0.837. The molecule has 1 aliphatic rings. The van der Waals surface area contributed by atoms with Gasteiger partial charge in [0.25, 0.3) is 0 Å². The molecule has 1 aliphatic heterocycles. The van der Waals surface area contributed by atoms with Crippen molar-refractivity contribution in [2.24, 2.45) is 0 Å². The van der Waals surface area contributed by atoms with Crippen molar-refractivity contribution in [3.05, 3.63) is 36.5 Å². The first-order valence-corrected chi connectivity index (χ1v) is 7.66. The smallest absolute Gasteiger partial charge is 0.744 e. The zero-order chi connectivity index (χ0) is 13.6. The molecular weight excluding hydrogens is 307 g/mol. The summed E-state index contributed by atoms with van der Waals surface area (Å²) in [6, 6.07) is 8.09. The van der Waals surface area contributed by atoms with Crippen molar-refractivity contribution in [3.63, 3.8) is 0 Å². The van der Waals surface area contributed by atoms with Gasteiger partial charge in [0, 0.05) is 18.1 Å². The van der Waals surface area contributed by atoms with E-state index in [9.17, 15) is 13.0 Å². The molecule has 1 aromatic carbocycles. The predicted octanol–water partition coefficient (Wildman–Crippen LogP) is -0.778. The van der Waals surface area contributed by atoms with Gasteiger partial charge in [0.1, 0.15) is 15.9 Å². The molecule has 0 radical (unpaired) electrons. The Kier molecular flexibility index (Phi) is 4.48. The molecule has 0 N–H and O–H groups in total. The molecule has 0 unspecified atom stereocenters. The summed E-state index contributed by atoms with van der Waals surface area (Å²) in [7, 11) is -2.57. The van der Waals surface area contributed by atoms with Gasteiger partial charge in [-0.2, -0.15) is 0 Å². The molecule has 1 aromatic heterocycles. The number of pyridine rings is 1. The SMILES string of the molecule is CN1c2ccc(S(=O)(=O)[O-])cc2Sc2cccnc21.[Na+]. The van der Waals surface area contributed by atoms with Crippen LogP contribution in [0.15, 0.2) is 51.2 Å². The fraction of sp³-hybridized carbons (Fsp3) is 0.0833. The molecule has 5 nitrogen and oxygen atoms in total. The van der Waals surface area contributed by atoms with Crippen LogP contribution in [0.5, 0.6) is 0 Å². The normalized spacial score (nSPS) is 13.2. The average Bonchev–Trinajstić information content (AvgIpc) is 2.37. The number of anilines is 2. The van der Waals surface area contributed by atoms with Crippen LogP contribution < -0.4 is 34.5 Å². The fourth-order valence-corrected chi connectivity index (χ4v) is 3.69. The topological polar surface area (TPSA) is 73.3 Å². The van der Waals surface area contributed by atoms with Gasteiger partial charge in [0.2, 0.25) is 0 Å². The first-order chi connectivity index (χ1) is 8.97. The number of fused-ring (bicyclic) bond motifs is 2. The van der Waals surface area contributed by atoms with Crippen molar-refractivity contribution in [2.75, 3.05) is 11.9 Å². The van der Waals surface area contributed by atoms with Crippen molar-refractivity contribution >= 4 is 33.4 Å². The molecule has 0 atom stereocenters. The van der Waals surface area contributed by atoms with Crippen LogP contribution in [0, 0.1) is 0 Å². The molecule has 0 fully saturated rings. The standard InChI is InChI=1S/C12H10N2O3S2.Na/c1-14-9-5-4-8(19(15,16)17)7-11(9)18-10-3-2-6-13-12(10)14;/h2-7H,1H3,(H,15,16,17);/q;+1/p-1. The Morgan fingerprint density at radius 1 is 1.25 bits per heavy atom. The van der Waals surface area contributed by atoms with Crippen molar-refractivity contribution in [1.29, 1.82) is 0 Å². The van der Waals surface area contributed by atoms with Gasteiger partial charge in [-0.15, -0.1) is 0 Å². The monoisotopic (exact) mass is 316 g/mol. The Bertz CT molecular complexity index is 765. The van der Waals surface area contributed by atoms with Gasteiger partial charge < -0.3 is 9.45 Å². The molecule has 98 valence electrons. The van der Waals surface area contributed by atoms with E-state index in [1.807, 2.05) is 24.1 Å². The maximum absolute atomic E-state index is 11.1. The van der Waals surface area contributed by atoms with Crippen LogP contribution in [0.25, 0.3) is 0 Å². The van der Waals surface area contributed by atoms with E-state index in [0.29, 0.717) is 0 Å². The molecule has 0 aliphatic carbocycles. The van der Waals surface area contributed by atoms with Crippen LogP contribution in [0.1, 0.15) is 0 Å². The second-order valence-corrected chi connectivity index (χ2v) is 6.53. The van der Waals surface area contributed by atoms with Crippen LogP contribution in [0.4, 0.5) is 11.5 Å². The van der Waals surface area contributed by atoms with Crippen molar-refractivity contribution in [2.45, 2.75) is 14.7 Å². The Morgan fingerprint density at radius 2 is 2.00 bits per heavy atom. The van der Waals surface area contributed by atoms with Gasteiger partial charge >= 0.3 is 29.6 Å². The minimum Gasteiger partial charge on any atom is -0.744 e. The summed E-state index contributed by atoms with van der Waals surface area (Å²) >= 11 is 1.41. The van der Waals surface area contributed by atoms with Crippen LogP contribution in [-0.2, 0) is 10.1 Å². The van der Waals surface area contributed by atoms with Crippen LogP contribution in [0.2, 0.25) is 0 Å². The predicted molar refractivity (Wildman–Crippen MR) is 70.8 cm³/mol. The second kappa shape index (κ2) is 5.67. The zero-order valence-electron chi connectivity index (χ0n) is 10.9. The van der Waals surface area contributed by atoms with Crippen molar-refractivity contribution in [3.8, 4) is 0 Å². The van der Waals surface area contributed by atoms with Gasteiger partial charge in [-0.3, -0.25) is 0 Å². The van der Waals surface area contributed by atoms with E-state index >= 15 is 0 Å². The van der Waals surface area contributed by atoms with E-state index in [0.717, 1.165) is 21.3 Å². The van der Waals surface area contributed by atoms with Crippen molar-refractivity contribution in [1.82, 2.24) is 4.98 Å². The number of rotatable bonds is 1. The summed E-state index contributed by atoms with van der Waals surface area (Å²) in [5, 5.41) is 0. The van der Waals surface area contributed by atoms with Crippen LogP contribution >= 0.6 is 11.8 Å². The van der Waals surface area contributed by atoms with Gasteiger partial charge in [0.05, 0.1) is 15.5 Å². The maximum Gasteiger partial charge on any atom is 1.00 e. The number of hydrogen-bond acceptors (Lipinski definition) is 6. The van der Waals surface area contributed by atoms with Gasteiger partial charge in [0.15, 0.2) is 0 Å². The third-order valence-corrected chi connectivity index (χ3v) is 4.79. The molecule has 2 heterocycles. The second-order valence-electron chi connectivity index (χ2n) is 4.07. The van der Waals surface area contributed by atoms with Crippen molar-refractivity contribution < 1.29 is 42.5 Å². The molecule has 8 heteroatoms. The molecule has 0 saturated carbocycles. The Morgan fingerprint density at radius 3 is 2.70 bits per heavy atom. The van der Waals surface area contributed by atoms with Gasteiger partial charge in [-0.1, -0.05) is 11.8 Å². The molecule has 0 amide bonds. The number of nitrogens with zero attached hydrogens (tertiary/aromatic N) is 2. The quantitative estimate of drug-likeness (QED) is 0.508. The van der Waals surface area contributed by atoms with Gasteiger partial charge in [-0.25, -0.2) is 13.4 Å². The summed E-state index contributed by atoms with van der Waals surface area (Å²) < 4.78 is 33.2.